The second-order valence-corrected chi connectivity index (χ2v) is 1.41. The van der Waals surface area contributed by atoms with E-state index >= 15 is 0 Å². The molecule has 0 amide bonds. The first-order valence-corrected chi connectivity index (χ1v) is 2.55. The normalized spacial score (nSPS) is 19.2. The molecule has 8 heavy (non-hydrogen) atoms. The van der Waals surface area contributed by atoms with E-state index in [1.54, 1.807) is 0 Å². The zero-order chi connectivity index (χ0) is 9.12. The molecule has 0 rings (SSSR count). The zero-order valence-electron chi connectivity index (χ0n) is 8.08. The maximum Gasteiger partial charge on any atom is 0.0449 e. The lowest BCUT2D eigenvalue weighted by Crippen LogP contribution is -2.18. The molecule has 0 aliphatic rings. The largest absolute Gasteiger partial charge is 0.314 e. The third-order valence-corrected chi connectivity index (χ3v) is 0.651. The van der Waals surface area contributed by atoms with Crippen LogP contribution < -0.4 is 5.32 Å². The highest BCUT2D eigenvalue weighted by Gasteiger charge is 1.78. The maximum absolute atomic E-state index is 6.84. The predicted octanol–water partition coefficient (Wildman–Crippen LogP) is 1.48. The molecule has 0 saturated carbocycles. The average molecular weight is 183 g/mol. The molecule has 0 aliphatic heterocycles. The van der Waals surface area contributed by atoms with E-state index in [9.17, 15) is 0 Å². The van der Waals surface area contributed by atoms with Crippen molar-refractivity contribution in [2.75, 3.05) is 24.8 Å². The standard InChI is InChI=1S/C4H9Cl2N.ClH/c5-1-3-7-4-2-6;/h7H,1-4H2;1H/i1D2,2D2;. The smallest absolute Gasteiger partial charge is 0.0449 e. The van der Waals surface area contributed by atoms with Gasteiger partial charge in [-0.05, 0) is 0 Å². The van der Waals surface area contributed by atoms with Crippen molar-refractivity contribution < 1.29 is 5.48 Å². The quantitative estimate of drug-likeness (QED) is 0.650. The molecule has 4 heteroatoms. The summed E-state index contributed by atoms with van der Waals surface area (Å²) in [5.74, 6) is -3.69. The molecule has 1 nitrogen and oxygen atoms in total. The molecular formula is C4H10Cl3N. The van der Waals surface area contributed by atoms with Gasteiger partial charge in [0.15, 0.2) is 0 Å². The van der Waals surface area contributed by atoms with Crippen LogP contribution in [0.1, 0.15) is 5.48 Å². The lowest BCUT2D eigenvalue weighted by atomic mass is 10.7. The van der Waals surface area contributed by atoms with Crippen LogP contribution in [0.25, 0.3) is 0 Å². The van der Waals surface area contributed by atoms with Crippen LogP contribution in [0.4, 0.5) is 0 Å². The van der Waals surface area contributed by atoms with Gasteiger partial charge in [-0.15, -0.1) is 35.6 Å². The van der Waals surface area contributed by atoms with Crippen LogP contribution in [0.15, 0.2) is 0 Å². The van der Waals surface area contributed by atoms with E-state index in [4.69, 9.17) is 28.7 Å². The highest BCUT2D eigenvalue weighted by molar-refractivity contribution is 6.18. The highest BCUT2D eigenvalue weighted by atomic mass is 35.5. The number of halogens is 3. The molecule has 0 spiro atoms. The summed E-state index contributed by atoms with van der Waals surface area (Å²) in [6.07, 6.45) is 0. The predicted molar refractivity (Wildman–Crippen MR) is 41.6 cm³/mol. The Labute approximate surface area is 71.8 Å². The molecule has 0 heterocycles. The Balaban J connectivity index is 0. The minimum absolute atomic E-state index is 0. The van der Waals surface area contributed by atoms with Gasteiger partial charge in [-0.2, -0.15) is 0 Å². The summed E-state index contributed by atoms with van der Waals surface area (Å²) in [7, 11) is 0. The van der Waals surface area contributed by atoms with Crippen molar-refractivity contribution in [3.8, 4) is 0 Å². The Morgan fingerprint density at radius 1 is 1.25 bits per heavy atom. The van der Waals surface area contributed by atoms with Gasteiger partial charge in [0, 0.05) is 30.2 Å². The van der Waals surface area contributed by atoms with E-state index in [-0.39, 0.29) is 25.5 Å². The number of hydrogen-bond acceptors (Lipinski definition) is 1. The average Bonchev–Trinajstić information content (AvgIpc) is 1.55. The van der Waals surface area contributed by atoms with Crippen molar-refractivity contribution in [2.24, 2.45) is 0 Å². The molecule has 0 atom stereocenters. The summed E-state index contributed by atoms with van der Waals surface area (Å²) in [4.78, 5) is 0. The van der Waals surface area contributed by atoms with Gasteiger partial charge in [-0.3, -0.25) is 0 Å². The van der Waals surface area contributed by atoms with Crippen LogP contribution in [0.3, 0.4) is 0 Å². The summed E-state index contributed by atoms with van der Waals surface area (Å²) in [5, 5.41) is 2.45. The van der Waals surface area contributed by atoms with Gasteiger partial charge in [-0.1, -0.05) is 0 Å². The molecule has 0 aromatic heterocycles. The molecule has 0 aliphatic carbocycles. The summed E-state index contributed by atoms with van der Waals surface area (Å²) in [6, 6.07) is 0. The molecule has 1 N–H and O–H groups in total. The second kappa shape index (κ2) is 10.7. The maximum atomic E-state index is 6.84. The molecule has 0 fully saturated rings. The van der Waals surface area contributed by atoms with Gasteiger partial charge in [-0.25, -0.2) is 0 Å². The van der Waals surface area contributed by atoms with E-state index in [1.807, 2.05) is 0 Å². The molecule has 0 aromatic carbocycles. The van der Waals surface area contributed by atoms with Crippen molar-refractivity contribution in [3.05, 3.63) is 0 Å². The van der Waals surface area contributed by atoms with Gasteiger partial charge in [0.05, 0.1) is 0 Å². The van der Waals surface area contributed by atoms with Crippen LogP contribution in [0.2, 0.25) is 0 Å². The Morgan fingerprint density at radius 2 is 1.62 bits per heavy atom. The van der Waals surface area contributed by atoms with E-state index in [0.29, 0.717) is 0 Å². The monoisotopic (exact) mass is 181 g/mol. The highest BCUT2D eigenvalue weighted by Crippen LogP contribution is 1.71. The van der Waals surface area contributed by atoms with E-state index in [0.717, 1.165) is 0 Å². The van der Waals surface area contributed by atoms with Crippen molar-refractivity contribution in [1.82, 2.24) is 5.32 Å². The lowest BCUT2D eigenvalue weighted by molar-refractivity contribution is 0.770. The van der Waals surface area contributed by atoms with Crippen LogP contribution in [-0.2, 0) is 0 Å². The van der Waals surface area contributed by atoms with E-state index in [2.05, 4.69) is 5.32 Å². The summed E-state index contributed by atoms with van der Waals surface area (Å²) in [6.45, 7) is -0.248. The second-order valence-electron chi connectivity index (χ2n) is 0.871. The third kappa shape index (κ3) is 9.95. The van der Waals surface area contributed by atoms with Gasteiger partial charge >= 0.3 is 0 Å². The minimum Gasteiger partial charge on any atom is -0.314 e. The van der Waals surface area contributed by atoms with Gasteiger partial charge in [0.1, 0.15) is 0 Å². The minimum atomic E-state index is -1.85. The number of rotatable bonds is 4. The lowest BCUT2D eigenvalue weighted by Gasteiger charge is -1.93. The third-order valence-electron chi connectivity index (χ3n) is 0.384. The van der Waals surface area contributed by atoms with Crippen molar-refractivity contribution in [2.45, 2.75) is 0 Å². The fraction of sp³-hybridized carbons (Fsp3) is 1.00. The molecule has 0 radical (unpaired) electrons. The van der Waals surface area contributed by atoms with Crippen LogP contribution in [0, 0.1) is 0 Å². The van der Waals surface area contributed by atoms with Gasteiger partial charge in [0.2, 0.25) is 0 Å². The number of nitrogens with one attached hydrogen (secondary N) is 1. The molecular weight excluding hydrogens is 168 g/mol. The first kappa shape index (κ1) is 4.62. The topological polar surface area (TPSA) is 12.0 Å². The number of alkyl halides is 2. The molecule has 52 valence electrons. The Hall–Kier alpha value is 0.830. The fourth-order valence-electron chi connectivity index (χ4n) is 0.157. The van der Waals surface area contributed by atoms with E-state index in [1.165, 1.54) is 0 Å². The van der Waals surface area contributed by atoms with Crippen molar-refractivity contribution >= 4 is 35.6 Å². The fourth-order valence-corrected chi connectivity index (χ4v) is 0.346. The summed E-state index contributed by atoms with van der Waals surface area (Å²) >= 11 is 10.3. The molecule has 0 unspecified atom stereocenters. The first-order chi connectivity index (χ1) is 4.71. The van der Waals surface area contributed by atoms with E-state index < -0.39 is 11.7 Å². The Kier molecular flexibility index (Phi) is 6.20. The summed E-state index contributed by atoms with van der Waals surface area (Å²) < 4.78 is 27.4. The number of hydrogen-bond donors (Lipinski definition) is 1. The Bertz CT molecular complexity index is 106. The summed E-state index contributed by atoms with van der Waals surface area (Å²) in [5.41, 5.74) is 0. The van der Waals surface area contributed by atoms with Crippen LogP contribution in [0.5, 0.6) is 0 Å². The van der Waals surface area contributed by atoms with Crippen LogP contribution >= 0.6 is 35.6 Å². The van der Waals surface area contributed by atoms with Gasteiger partial charge in [0.25, 0.3) is 0 Å². The van der Waals surface area contributed by atoms with Crippen molar-refractivity contribution in [1.29, 1.82) is 0 Å². The Morgan fingerprint density at radius 3 is 1.88 bits per heavy atom. The molecule has 0 aromatic rings. The van der Waals surface area contributed by atoms with Crippen LogP contribution in [-0.4, -0.2) is 24.8 Å². The zero-order valence-corrected chi connectivity index (χ0v) is 6.41. The SMILES string of the molecule is Cl.[2H]C([2H])(Cl)CNCC([2H])([2H])Cl. The first-order valence-electron chi connectivity index (χ1n) is 3.79. The molecule has 0 bridgehead atoms. The molecule has 0 saturated heterocycles. The van der Waals surface area contributed by atoms with Gasteiger partial charge < -0.3 is 5.32 Å². The van der Waals surface area contributed by atoms with Crippen molar-refractivity contribution in [3.63, 3.8) is 0 Å².